The lowest BCUT2D eigenvalue weighted by molar-refractivity contribution is 0.268. The van der Waals surface area contributed by atoms with Gasteiger partial charge in [0.25, 0.3) is 0 Å². The van der Waals surface area contributed by atoms with Crippen LogP contribution < -0.4 is 5.73 Å². The number of hydrogen-bond acceptors (Lipinski definition) is 3. The van der Waals surface area contributed by atoms with Crippen molar-refractivity contribution in [3.8, 4) is 0 Å². The van der Waals surface area contributed by atoms with E-state index in [2.05, 4.69) is 32.9 Å². The highest BCUT2D eigenvalue weighted by molar-refractivity contribution is 9.10. The molecule has 1 aromatic rings. The van der Waals surface area contributed by atoms with Crippen molar-refractivity contribution >= 4 is 28.3 Å². The molecule has 6 heteroatoms. The number of likely N-dealkylation sites (tertiary alicyclic amines) is 1. The van der Waals surface area contributed by atoms with Crippen molar-refractivity contribution in [3.05, 3.63) is 15.9 Å². The molecule has 0 saturated carbocycles. The van der Waals surface area contributed by atoms with Crippen LogP contribution in [0, 0.1) is 12.3 Å². The second-order valence-corrected chi connectivity index (χ2v) is 6.24. The number of rotatable bonds is 3. The van der Waals surface area contributed by atoms with Gasteiger partial charge in [0.05, 0.1) is 15.9 Å². The largest absolute Gasteiger partial charge is 0.330 e. The smallest absolute Gasteiger partial charge is 0.0739 e. The normalized spacial score (nSPS) is 24.3. The lowest BCUT2D eigenvalue weighted by atomic mass is 9.90. The van der Waals surface area contributed by atoms with Crippen LogP contribution in [0.5, 0.6) is 0 Å². The second-order valence-electron chi connectivity index (χ2n) is 5.45. The highest BCUT2D eigenvalue weighted by Crippen LogP contribution is 2.31. The first-order valence-electron chi connectivity index (χ1n) is 6.05. The Hall–Kier alpha value is -0.100. The van der Waals surface area contributed by atoms with E-state index in [1.807, 2.05) is 18.7 Å². The fourth-order valence-corrected chi connectivity index (χ4v) is 2.95. The van der Waals surface area contributed by atoms with Crippen molar-refractivity contribution in [2.24, 2.45) is 18.2 Å². The minimum absolute atomic E-state index is 0. The monoisotopic (exact) mass is 336 g/mol. The Labute approximate surface area is 123 Å². The molecule has 1 unspecified atom stereocenters. The van der Waals surface area contributed by atoms with E-state index < -0.39 is 0 Å². The molecule has 0 radical (unpaired) electrons. The summed E-state index contributed by atoms with van der Waals surface area (Å²) in [6.07, 6.45) is 1.19. The molecule has 2 rings (SSSR count). The van der Waals surface area contributed by atoms with Gasteiger partial charge in [-0.15, -0.1) is 12.4 Å². The van der Waals surface area contributed by atoms with Crippen molar-refractivity contribution in [2.45, 2.75) is 26.8 Å². The van der Waals surface area contributed by atoms with Crippen LogP contribution >= 0.6 is 28.3 Å². The van der Waals surface area contributed by atoms with Crippen molar-refractivity contribution in [2.75, 3.05) is 19.6 Å². The third-order valence-electron chi connectivity index (χ3n) is 3.76. The van der Waals surface area contributed by atoms with Gasteiger partial charge >= 0.3 is 0 Å². The molecule has 0 bridgehead atoms. The van der Waals surface area contributed by atoms with Crippen LogP contribution in [0.2, 0.25) is 0 Å². The van der Waals surface area contributed by atoms with E-state index in [0.717, 1.165) is 36.3 Å². The summed E-state index contributed by atoms with van der Waals surface area (Å²) in [5, 5.41) is 4.43. The summed E-state index contributed by atoms with van der Waals surface area (Å²) in [5.74, 6) is 0. The zero-order valence-electron chi connectivity index (χ0n) is 11.2. The van der Waals surface area contributed by atoms with Crippen LogP contribution in [0.25, 0.3) is 0 Å². The Bertz CT molecular complexity index is 420. The molecule has 1 atom stereocenters. The molecule has 1 aromatic heterocycles. The highest BCUT2D eigenvalue weighted by atomic mass is 79.9. The summed E-state index contributed by atoms with van der Waals surface area (Å²) >= 11 is 3.62. The molecule has 1 saturated heterocycles. The fraction of sp³-hybridized carbons (Fsp3) is 0.750. The number of nitrogens with two attached hydrogens (primary N) is 1. The van der Waals surface area contributed by atoms with Crippen LogP contribution in [0.15, 0.2) is 4.47 Å². The maximum Gasteiger partial charge on any atom is 0.0739 e. The van der Waals surface area contributed by atoms with Crippen molar-refractivity contribution < 1.29 is 0 Å². The summed E-state index contributed by atoms with van der Waals surface area (Å²) in [7, 11) is 2.01. The lowest BCUT2D eigenvalue weighted by Gasteiger charge is -2.22. The topological polar surface area (TPSA) is 47.1 Å². The average molecular weight is 338 g/mol. The average Bonchev–Trinajstić information content (AvgIpc) is 2.77. The summed E-state index contributed by atoms with van der Waals surface area (Å²) in [4.78, 5) is 2.47. The molecule has 0 amide bonds. The lowest BCUT2D eigenvalue weighted by Crippen LogP contribution is -2.31. The van der Waals surface area contributed by atoms with E-state index in [0.29, 0.717) is 5.41 Å². The molecular formula is C12H22BrClN4. The molecule has 1 fully saturated rings. The van der Waals surface area contributed by atoms with Crippen LogP contribution in [-0.2, 0) is 13.6 Å². The number of aromatic nitrogens is 2. The van der Waals surface area contributed by atoms with Gasteiger partial charge in [-0.05, 0) is 47.8 Å². The van der Waals surface area contributed by atoms with Gasteiger partial charge in [-0.2, -0.15) is 5.10 Å². The van der Waals surface area contributed by atoms with Gasteiger partial charge in [-0.1, -0.05) is 6.92 Å². The quantitative estimate of drug-likeness (QED) is 0.918. The minimum Gasteiger partial charge on any atom is -0.330 e. The molecule has 1 aliphatic heterocycles. The Kier molecular flexibility index (Phi) is 5.23. The van der Waals surface area contributed by atoms with Gasteiger partial charge in [-0.3, -0.25) is 9.58 Å². The second kappa shape index (κ2) is 5.90. The maximum absolute atomic E-state index is 5.83. The van der Waals surface area contributed by atoms with E-state index in [1.54, 1.807) is 0 Å². The first-order chi connectivity index (χ1) is 7.95. The molecule has 0 aliphatic carbocycles. The Morgan fingerprint density at radius 1 is 1.50 bits per heavy atom. The van der Waals surface area contributed by atoms with Gasteiger partial charge in [0, 0.05) is 20.1 Å². The van der Waals surface area contributed by atoms with Crippen LogP contribution in [0.1, 0.15) is 24.7 Å². The third kappa shape index (κ3) is 3.07. The SMILES string of the molecule is Cc1nn(C)c(CN2CCC(C)(CN)C2)c1Br.Cl. The molecule has 0 aromatic carbocycles. The van der Waals surface area contributed by atoms with E-state index >= 15 is 0 Å². The van der Waals surface area contributed by atoms with Gasteiger partial charge in [0.2, 0.25) is 0 Å². The zero-order valence-corrected chi connectivity index (χ0v) is 13.6. The van der Waals surface area contributed by atoms with E-state index in [4.69, 9.17) is 5.73 Å². The summed E-state index contributed by atoms with van der Waals surface area (Å²) in [6, 6.07) is 0. The van der Waals surface area contributed by atoms with E-state index in [9.17, 15) is 0 Å². The molecule has 2 N–H and O–H groups in total. The molecular weight excluding hydrogens is 316 g/mol. The van der Waals surface area contributed by atoms with Gasteiger partial charge in [-0.25, -0.2) is 0 Å². The van der Waals surface area contributed by atoms with Crippen LogP contribution in [0.4, 0.5) is 0 Å². The number of aryl methyl sites for hydroxylation is 2. The van der Waals surface area contributed by atoms with E-state index in [1.165, 1.54) is 12.1 Å². The number of nitrogens with zero attached hydrogens (tertiary/aromatic N) is 3. The van der Waals surface area contributed by atoms with Crippen molar-refractivity contribution in [1.82, 2.24) is 14.7 Å². The predicted octanol–water partition coefficient (Wildman–Crippen LogP) is 2.08. The van der Waals surface area contributed by atoms with Crippen LogP contribution in [-0.4, -0.2) is 34.3 Å². The Balaban J connectivity index is 0.00000162. The van der Waals surface area contributed by atoms with Crippen LogP contribution in [0.3, 0.4) is 0 Å². The summed E-state index contributed by atoms with van der Waals surface area (Å²) < 4.78 is 3.11. The molecule has 0 spiro atoms. The molecule has 2 heterocycles. The first kappa shape index (κ1) is 16.0. The molecule has 4 nitrogen and oxygen atoms in total. The number of hydrogen-bond donors (Lipinski definition) is 1. The third-order valence-corrected chi connectivity index (χ3v) is 4.80. The fourth-order valence-electron chi connectivity index (χ4n) is 2.49. The molecule has 104 valence electrons. The summed E-state index contributed by atoms with van der Waals surface area (Å²) in [5.41, 5.74) is 8.44. The number of halogens is 2. The highest BCUT2D eigenvalue weighted by Gasteiger charge is 2.33. The van der Waals surface area contributed by atoms with Gasteiger partial charge < -0.3 is 5.73 Å². The van der Waals surface area contributed by atoms with E-state index in [-0.39, 0.29) is 12.4 Å². The first-order valence-corrected chi connectivity index (χ1v) is 6.85. The minimum atomic E-state index is 0. The zero-order chi connectivity index (χ0) is 12.6. The summed E-state index contributed by atoms with van der Waals surface area (Å²) in [6.45, 7) is 8.24. The van der Waals surface area contributed by atoms with Crippen molar-refractivity contribution in [3.63, 3.8) is 0 Å². The molecule has 1 aliphatic rings. The standard InChI is InChI=1S/C12H21BrN4.ClH/c1-9-11(13)10(16(3)15-9)6-17-5-4-12(2,7-14)8-17;/h4-8,14H2,1-3H3;1H. The maximum atomic E-state index is 5.83. The van der Waals surface area contributed by atoms with Crippen molar-refractivity contribution in [1.29, 1.82) is 0 Å². The predicted molar refractivity (Wildman–Crippen MR) is 79.9 cm³/mol. The Morgan fingerprint density at radius 2 is 2.17 bits per heavy atom. The molecule has 18 heavy (non-hydrogen) atoms. The van der Waals surface area contributed by atoms with Gasteiger partial charge in [0.1, 0.15) is 0 Å². The van der Waals surface area contributed by atoms with Gasteiger partial charge in [0.15, 0.2) is 0 Å². The Morgan fingerprint density at radius 3 is 2.61 bits per heavy atom.